The van der Waals surface area contributed by atoms with Crippen LogP contribution in [0.15, 0.2) is 48.5 Å². The van der Waals surface area contributed by atoms with Crippen molar-refractivity contribution >= 4 is 12.0 Å². The van der Waals surface area contributed by atoms with Gasteiger partial charge in [0.15, 0.2) is 11.6 Å². The maximum Gasteiger partial charge on any atom is 0.251 e. The normalized spacial score (nSPS) is 17.8. The number of piperidine rings is 1. The molecule has 0 spiro atoms. The van der Waals surface area contributed by atoms with Crippen LogP contribution in [0.25, 0.3) is 6.08 Å². The van der Waals surface area contributed by atoms with E-state index in [0.29, 0.717) is 11.7 Å². The number of benzene rings is 2. The molecule has 0 saturated carbocycles. The maximum atomic E-state index is 13.5. The summed E-state index contributed by atoms with van der Waals surface area (Å²) in [5.74, 6) is 0.331. The van der Waals surface area contributed by atoms with E-state index >= 15 is 0 Å². The van der Waals surface area contributed by atoms with Crippen molar-refractivity contribution in [3.63, 3.8) is 0 Å². The second-order valence-corrected chi connectivity index (χ2v) is 8.27. The third-order valence-electron chi connectivity index (χ3n) is 5.94. The van der Waals surface area contributed by atoms with Crippen molar-refractivity contribution in [1.29, 1.82) is 0 Å². The molecule has 1 amide bonds. The molecule has 2 fully saturated rings. The van der Waals surface area contributed by atoms with Gasteiger partial charge in [0.05, 0.1) is 7.11 Å². The van der Waals surface area contributed by atoms with Crippen LogP contribution in [0.4, 0.5) is 4.39 Å². The Morgan fingerprint density at radius 2 is 1.94 bits per heavy atom. The summed E-state index contributed by atoms with van der Waals surface area (Å²) in [5, 5.41) is 6.26. The number of halogens is 1. The average Bonchev–Trinajstić information content (AvgIpc) is 2.78. The van der Waals surface area contributed by atoms with Gasteiger partial charge in [0.25, 0.3) is 5.91 Å². The number of rotatable bonds is 8. The number of nitrogens with zero attached hydrogens (tertiary/aromatic N) is 1. The molecule has 4 rings (SSSR count). The number of hydrogen-bond acceptors (Lipinski definition) is 5. The second-order valence-electron chi connectivity index (χ2n) is 8.27. The smallest absolute Gasteiger partial charge is 0.251 e. The van der Waals surface area contributed by atoms with E-state index in [1.807, 2.05) is 12.1 Å². The fraction of sp³-hybridized carbons (Fsp3) is 0.400. The van der Waals surface area contributed by atoms with E-state index < -0.39 is 5.82 Å². The summed E-state index contributed by atoms with van der Waals surface area (Å²) in [6.07, 6.45) is 6.38. The Morgan fingerprint density at radius 3 is 2.59 bits per heavy atom. The summed E-state index contributed by atoms with van der Waals surface area (Å²) < 4.78 is 24.3. The standard InChI is InChI=1S/C25H30FN3O3/c1-31-24-15-19(6-9-23(24)26)25(30)28-20-10-13-29(14-11-20)12-2-3-18-4-7-21(8-5-18)32-22-16-27-17-22/h2-9,15,20,22,27H,10-14,16-17H2,1H3,(H,28,30)/b3-2+. The number of carbonyl (C=O) groups is 1. The van der Waals surface area contributed by atoms with E-state index in [1.165, 1.54) is 25.3 Å². The zero-order valence-corrected chi connectivity index (χ0v) is 18.4. The van der Waals surface area contributed by atoms with Gasteiger partial charge in [-0.05, 0) is 48.7 Å². The number of ether oxygens (including phenoxy) is 2. The van der Waals surface area contributed by atoms with Gasteiger partial charge in [-0.1, -0.05) is 24.3 Å². The molecule has 0 atom stereocenters. The van der Waals surface area contributed by atoms with Crippen molar-refractivity contribution < 1.29 is 18.7 Å². The first-order valence-electron chi connectivity index (χ1n) is 11.1. The molecule has 0 aromatic heterocycles. The van der Waals surface area contributed by atoms with Gasteiger partial charge in [0, 0.05) is 44.3 Å². The molecule has 0 bridgehead atoms. The highest BCUT2D eigenvalue weighted by molar-refractivity contribution is 5.94. The minimum atomic E-state index is -0.471. The van der Waals surface area contributed by atoms with Crippen LogP contribution in [0, 0.1) is 5.82 Å². The van der Waals surface area contributed by atoms with Crippen LogP contribution >= 0.6 is 0 Å². The Kier molecular flexibility index (Phi) is 7.39. The number of carbonyl (C=O) groups excluding carboxylic acids is 1. The Morgan fingerprint density at radius 1 is 1.19 bits per heavy atom. The number of hydrogen-bond donors (Lipinski definition) is 2. The molecule has 32 heavy (non-hydrogen) atoms. The number of nitrogens with one attached hydrogen (secondary N) is 2. The molecule has 2 saturated heterocycles. The number of likely N-dealkylation sites (tertiary alicyclic amines) is 1. The van der Waals surface area contributed by atoms with Crippen molar-refractivity contribution in [3.05, 3.63) is 65.5 Å². The predicted octanol–water partition coefficient (Wildman–Crippen LogP) is 3.09. The first-order valence-corrected chi connectivity index (χ1v) is 11.1. The lowest BCUT2D eigenvalue weighted by Gasteiger charge is -2.31. The highest BCUT2D eigenvalue weighted by Gasteiger charge is 2.21. The lowest BCUT2D eigenvalue weighted by molar-refractivity contribution is 0.0913. The van der Waals surface area contributed by atoms with E-state index in [2.05, 4.69) is 39.8 Å². The van der Waals surface area contributed by atoms with Gasteiger partial charge in [-0.25, -0.2) is 4.39 Å². The number of amides is 1. The van der Waals surface area contributed by atoms with Gasteiger partial charge < -0.3 is 20.1 Å². The Balaban J connectivity index is 1.19. The summed E-state index contributed by atoms with van der Waals surface area (Å²) in [5.41, 5.74) is 1.57. The molecule has 0 unspecified atom stereocenters. The van der Waals surface area contributed by atoms with Gasteiger partial charge in [0.1, 0.15) is 11.9 Å². The van der Waals surface area contributed by atoms with Gasteiger partial charge in [0.2, 0.25) is 0 Å². The zero-order chi connectivity index (χ0) is 22.3. The molecular weight excluding hydrogens is 409 g/mol. The molecule has 7 heteroatoms. The summed E-state index contributed by atoms with van der Waals surface area (Å²) >= 11 is 0. The maximum absolute atomic E-state index is 13.5. The average molecular weight is 440 g/mol. The van der Waals surface area contributed by atoms with E-state index in [4.69, 9.17) is 9.47 Å². The molecule has 2 aliphatic rings. The Hall–Kier alpha value is -2.90. The van der Waals surface area contributed by atoms with Crippen molar-refractivity contribution in [2.24, 2.45) is 0 Å². The largest absolute Gasteiger partial charge is 0.494 e. The third-order valence-corrected chi connectivity index (χ3v) is 5.94. The van der Waals surface area contributed by atoms with Crippen LogP contribution in [0.3, 0.4) is 0 Å². The van der Waals surface area contributed by atoms with Crippen molar-refractivity contribution in [2.75, 3.05) is 39.8 Å². The van der Waals surface area contributed by atoms with Crippen LogP contribution in [0.1, 0.15) is 28.8 Å². The van der Waals surface area contributed by atoms with Crippen LogP contribution in [-0.2, 0) is 0 Å². The molecular formula is C25H30FN3O3. The molecule has 2 aromatic carbocycles. The van der Waals surface area contributed by atoms with Crippen LogP contribution < -0.4 is 20.1 Å². The van der Waals surface area contributed by atoms with E-state index in [-0.39, 0.29) is 17.7 Å². The molecule has 2 aromatic rings. The predicted molar refractivity (Wildman–Crippen MR) is 123 cm³/mol. The molecule has 2 N–H and O–H groups in total. The molecule has 170 valence electrons. The SMILES string of the molecule is COc1cc(C(=O)NC2CCN(C/C=C/c3ccc(OC4CNC4)cc3)CC2)ccc1F. The second kappa shape index (κ2) is 10.6. The first kappa shape index (κ1) is 22.3. The monoisotopic (exact) mass is 439 g/mol. The summed E-state index contributed by atoms with van der Waals surface area (Å²) in [6, 6.07) is 12.5. The van der Waals surface area contributed by atoms with Crippen molar-refractivity contribution in [1.82, 2.24) is 15.5 Å². The minimum Gasteiger partial charge on any atom is -0.494 e. The third kappa shape index (κ3) is 5.87. The molecule has 2 aliphatic heterocycles. The lowest BCUT2D eigenvalue weighted by atomic mass is 10.0. The van der Waals surface area contributed by atoms with E-state index in [1.54, 1.807) is 0 Å². The van der Waals surface area contributed by atoms with E-state index in [9.17, 15) is 9.18 Å². The van der Waals surface area contributed by atoms with Crippen molar-refractivity contribution in [3.8, 4) is 11.5 Å². The highest BCUT2D eigenvalue weighted by Crippen LogP contribution is 2.19. The van der Waals surface area contributed by atoms with Crippen LogP contribution in [0.5, 0.6) is 11.5 Å². The quantitative estimate of drug-likeness (QED) is 0.662. The van der Waals surface area contributed by atoms with Crippen LogP contribution in [-0.4, -0.2) is 62.8 Å². The first-order chi connectivity index (χ1) is 15.6. The summed E-state index contributed by atoms with van der Waals surface area (Å²) in [4.78, 5) is 14.9. The molecule has 0 aliphatic carbocycles. The topological polar surface area (TPSA) is 62.8 Å². The fourth-order valence-electron chi connectivity index (χ4n) is 3.86. The molecule has 2 heterocycles. The zero-order valence-electron chi connectivity index (χ0n) is 18.4. The Bertz CT molecular complexity index is 936. The Labute approximate surface area is 188 Å². The minimum absolute atomic E-state index is 0.0806. The fourth-order valence-corrected chi connectivity index (χ4v) is 3.86. The van der Waals surface area contributed by atoms with Crippen LogP contribution in [0.2, 0.25) is 0 Å². The molecule has 6 nitrogen and oxygen atoms in total. The lowest BCUT2D eigenvalue weighted by Crippen LogP contribution is -2.50. The molecule has 0 radical (unpaired) electrons. The van der Waals surface area contributed by atoms with E-state index in [0.717, 1.165) is 56.9 Å². The van der Waals surface area contributed by atoms with Gasteiger partial charge >= 0.3 is 0 Å². The summed E-state index contributed by atoms with van der Waals surface area (Å²) in [6.45, 7) is 4.56. The van der Waals surface area contributed by atoms with Gasteiger partial charge in [-0.3, -0.25) is 9.69 Å². The van der Waals surface area contributed by atoms with Gasteiger partial charge in [-0.2, -0.15) is 0 Å². The highest BCUT2D eigenvalue weighted by atomic mass is 19.1. The van der Waals surface area contributed by atoms with Gasteiger partial charge in [-0.15, -0.1) is 0 Å². The summed E-state index contributed by atoms with van der Waals surface area (Å²) in [7, 11) is 1.39. The van der Waals surface area contributed by atoms with Crippen molar-refractivity contribution in [2.45, 2.75) is 25.0 Å². The number of methoxy groups -OCH3 is 1.